The van der Waals surface area contributed by atoms with E-state index in [-0.39, 0.29) is 23.9 Å². The minimum absolute atomic E-state index is 0.00431. The minimum atomic E-state index is -0.722. The van der Waals surface area contributed by atoms with E-state index in [1.807, 2.05) is 12.1 Å². The highest BCUT2D eigenvalue weighted by Gasteiger charge is 2.31. The van der Waals surface area contributed by atoms with Gasteiger partial charge in [0.1, 0.15) is 6.04 Å². The number of benzene rings is 1. The number of para-hydroxylation sites is 1. The van der Waals surface area contributed by atoms with Gasteiger partial charge in [-0.2, -0.15) is 0 Å². The molecule has 9 nitrogen and oxygen atoms in total. The van der Waals surface area contributed by atoms with Gasteiger partial charge < -0.3 is 10.2 Å². The first-order valence-corrected chi connectivity index (χ1v) is 12.4. The lowest BCUT2D eigenvalue weighted by Gasteiger charge is -2.22. The lowest BCUT2D eigenvalue weighted by molar-refractivity contribution is -0.135. The lowest BCUT2D eigenvalue weighted by atomic mass is 10.1. The highest BCUT2D eigenvalue weighted by atomic mass is 16.2. The fourth-order valence-electron chi connectivity index (χ4n) is 4.69. The molecule has 2 aromatic rings. The Morgan fingerprint density at radius 2 is 1.85 bits per heavy atom. The summed E-state index contributed by atoms with van der Waals surface area (Å²) in [5, 5.41) is 5.29. The van der Waals surface area contributed by atoms with Gasteiger partial charge in [-0.05, 0) is 50.5 Å². The van der Waals surface area contributed by atoms with Crippen LogP contribution in [0.5, 0.6) is 0 Å². The van der Waals surface area contributed by atoms with Crippen molar-refractivity contribution in [3.63, 3.8) is 0 Å². The molecule has 1 aliphatic heterocycles. The van der Waals surface area contributed by atoms with Crippen molar-refractivity contribution in [3.8, 4) is 0 Å². The van der Waals surface area contributed by atoms with Crippen LogP contribution >= 0.6 is 0 Å². The number of carbonyl (C=O) groups excluding carboxylic acids is 3. The summed E-state index contributed by atoms with van der Waals surface area (Å²) in [6.07, 6.45) is 5.15. The van der Waals surface area contributed by atoms with Crippen LogP contribution in [0.3, 0.4) is 0 Å². The smallest absolute Gasteiger partial charge is 0.329 e. The summed E-state index contributed by atoms with van der Waals surface area (Å²) in [7, 11) is 1.66. The van der Waals surface area contributed by atoms with E-state index in [0.717, 1.165) is 50.9 Å². The van der Waals surface area contributed by atoms with Crippen molar-refractivity contribution in [2.45, 2.75) is 71.4 Å². The van der Waals surface area contributed by atoms with Crippen LogP contribution in [0, 0.1) is 0 Å². The summed E-state index contributed by atoms with van der Waals surface area (Å²) in [4.78, 5) is 51.7. The third-order valence-electron chi connectivity index (χ3n) is 6.71. The molecule has 1 fully saturated rings. The Kier molecular flexibility index (Phi) is 9.04. The Balaban J connectivity index is 1.58. The molecular formula is C25H37N5O4. The molecule has 1 aromatic carbocycles. The molecule has 3 amide bonds. The van der Waals surface area contributed by atoms with Crippen molar-refractivity contribution in [1.82, 2.24) is 24.7 Å². The molecule has 0 saturated carbocycles. The third kappa shape index (κ3) is 5.94. The van der Waals surface area contributed by atoms with Crippen LogP contribution in [0.1, 0.15) is 70.4 Å². The molecule has 1 aromatic heterocycles. The van der Waals surface area contributed by atoms with E-state index in [2.05, 4.69) is 29.4 Å². The highest BCUT2D eigenvalue weighted by molar-refractivity contribution is 6.00. The zero-order valence-electron chi connectivity index (χ0n) is 20.6. The molecule has 0 bridgehead atoms. The number of fused-ring (bicyclic) bond motifs is 1. The SMILES string of the molecule is CCN(CC)CCCCCCC(=O)NCc1cccc2c1n(C)c(=O)n2C1CCC(=O)NC1=O. The van der Waals surface area contributed by atoms with Crippen LogP contribution in [0.4, 0.5) is 0 Å². The van der Waals surface area contributed by atoms with Crippen molar-refractivity contribution >= 4 is 28.8 Å². The average molecular weight is 472 g/mol. The first-order valence-electron chi connectivity index (χ1n) is 12.4. The van der Waals surface area contributed by atoms with Crippen LogP contribution < -0.4 is 16.3 Å². The fraction of sp³-hybridized carbons (Fsp3) is 0.600. The van der Waals surface area contributed by atoms with Crippen molar-refractivity contribution in [3.05, 3.63) is 34.2 Å². The second-order valence-corrected chi connectivity index (χ2v) is 8.93. The second kappa shape index (κ2) is 12.0. The van der Waals surface area contributed by atoms with Crippen molar-refractivity contribution in [2.75, 3.05) is 19.6 Å². The van der Waals surface area contributed by atoms with Crippen molar-refractivity contribution in [2.24, 2.45) is 7.05 Å². The molecule has 0 radical (unpaired) electrons. The van der Waals surface area contributed by atoms with Gasteiger partial charge in [-0.25, -0.2) is 4.79 Å². The van der Waals surface area contributed by atoms with Crippen LogP contribution in [-0.4, -0.2) is 51.4 Å². The average Bonchev–Trinajstić information content (AvgIpc) is 3.08. The number of aryl methyl sites for hydroxylation is 1. The third-order valence-corrected chi connectivity index (χ3v) is 6.71. The maximum Gasteiger partial charge on any atom is 0.329 e. The Morgan fingerprint density at radius 1 is 1.12 bits per heavy atom. The van der Waals surface area contributed by atoms with E-state index in [9.17, 15) is 19.2 Å². The molecule has 2 N–H and O–H groups in total. The minimum Gasteiger partial charge on any atom is -0.352 e. The molecule has 34 heavy (non-hydrogen) atoms. The van der Waals surface area contributed by atoms with Crippen LogP contribution in [-0.2, 0) is 28.0 Å². The summed E-state index contributed by atoms with van der Waals surface area (Å²) >= 11 is 0. The number of piperidine rings is 1. The van der Waals surface area contributed by atoms with Crippen molar-refractivity contribution in [1.29, 1.82) is 0 Å². The van der Waals surface area contributed by atoms with Gasteiger partial charge in [0.05, 0.1) is 11.0 Å². The van der Waals surface area contributed by atoms with Crippen LogP contribution in [0.2, 0.25) is 0 Å². The Bertz CT molecular complexity index is 1080. The number of hydrogen-bond acceptors (Lipinski definition) is 5. The Morgan fingerprint density at radius 3 is 2.56 bits per heavy atom. The van der Waals surface area contributed by atoms with E-state index in [1.54, 1.807) is 13.1 Å². The predicted octanol–water partition coefficient (Wildman–Crippen LogP) is 2.23. The molecule has 1 unspecified atom stereocenters. The molecule has 3 rings (SSSR count). The number of imide groups is 1. The molecule has 0 aliphatic carbocycles. The summed E-state index contributed by atoms with van der Waals surface area (Å²) in [6, 6.07) is 4.77. The van der Waals surface area contributed by atoms with Gasteiger partial charge in [-0.1, -0.05) is 38.8 Å². The number of nitrogens with zero attached hydrogens (tertiary/aromatic N) is 3. The number of aromatic nitrogens is 2. The lowest BCUT2D eigenvalue weighted by Crippen LogP contribution is -2.44. The summed E-state index contributed by atoms with van der Waals surface area (Å²) in [5.41, 5.74) is 1.82. The Hall–Kier alpha value is -2.94. The number of rotatable bonds is 12. The number of amides is 3. The first kappa shape index (κ1) is 25.7. The van der Waals surface area contributed by atoms with E-state index in [4.69, 9.17) is 0 Å². The van der Waals surface area contributed by atoms with Crippen LogP contribution in [0.15, 0.2) is 23.0 Å². The molecule has 2 heterocycles. The monoisotopic (exact) mass is 471 g/mol. The predicted molar refractivity (Wildman–Crippen MR) is 131 cm³/mol. The summed E-state index contributed by atoms with van der Waals surface area (Å²) in [6.45, 7) is 7.93. The van der Waals surface area contributed by atoms with E-state index >= 15 is 0 Å². The standard InChI is InChI=1S/C25H37N5O4/c1-4-29(5-2)16-9-7-6-8-13-21(31)26-17-18-11-10-12-19-23(18)28(3)25(34)30(19)20-14-15-22(32)27-24(20)33/h10-12,20H,4-9,13-17H2,1-3H3,(H,26,31)(H,27,32,33). The topological polar surface area (TPSA) is 105 Å². The summed E-state index contributed by atoms with van der Waals surface area (Å²) in [5.74, 6) is -0.779. The second-order valence-electron chi connectivity index (χ2n) is 8.93. The molecule has 1 saturated heterocycles. The zero-order valence-corrected chi connectivity index (χ0v) is 20.6. The number of unbranched alkanes of at least 4 members (excludes halogenated alkanes) is 3. The van der Waals surface area contributed by atoms with Gasteiger partial charge in [-0.15, -0.1) is 0 Å². The van der Waals surface area contributed by atoms with E-state index in [0.29, 0.717) is 30.4 Å². The van der Waals surface area contributed by atoms with Gasteiger partial charge >= 0.3 is 5.69 Å². The first-order chi connectivity index (χ1) is 16.4. The maximum absolute atomic E-state index is 13.0. The number of nitrogens with one attached hydrogen (secondary N) is 2. The van der Waals surface area contributed by atoms with Gasteiger partial charge in [0, 0.05) is 26.4 Å². The van der Waals surface area contributed by atoms with Gasteiger partial charge in [0.2, 0.25) is 17.7 Å². The van der Waals surface area contributed by atoms with E-state index in [1.165, 1.54) is 9.13 Å². The van der Waals surface area contributed by atoms with E-state index < -0.39 is 11.9 Å². The summed E-state index contributed by atoms with van der Waals surface area (Å²) < 4.78 is 2.97. The van der Waals surface area contributed by atoms with Gasteiger partial charge in [-0.3, -0.25) is 28.8 Å². The zero-order chi connectivity index (χ0) is 24.7. The largest absolute Gasteiger partial charge is 0.352 e. The van der Waals surface area contributed by atoms with Crippen LogP contribution in [0.25, 0.3) is 11.0 Å². The van der Waals surface area contributed by atoms with Gasteiger partial charge in [0.25, 0.3) is 0 Å². The normalized spacial score (nSPS) is 16.3. The number of carbonyl (C=O) groups is 3. The molecule has 1 aliphatic rings. The fourth-order valence-corrected chi connectivity index (χ4v) is 4.69. The molecular weight excluding hydrogens is 434 g/mol. The molecule has 0 spiro atoms. The molecule has 186 valence electrons. The highest BCUT2D eigenvalue weighted by Crippen LogP contribution is 2.25. The van der Waals surface area contributed by atoms with Crippen molar-refractivity contribution < 1.29 is 14.4 Å². The quantitative estimate of drug-likeness (QED) is 0.365. The molecule has 1 atom stereocenters. The van der Waals surface area contributed by atoms with Gasteiger partial charge in [0.15, 0.2) is 0 Å². The maximum atomic E-state index is 13.0. The Labute approximate surface area is 200 Å². The number of imidazole rings is 1. The number of hydrogen-bond donors (Lipinski definition) is 2. The molecule has 9 heteroatoms.